The van der Waals surface area contributed by atoms with Crippen molar-refractivity contribution >= 4 is 0 Å². The molecule has 2 atom stereocenters. The van der Waals surface area contributed by atoms with Crippen molar-refractivity contribution in [2.75, 3.05) is 26.3 Å². The molecular formula is C12H22N4O4. The van der Waals surface area contributed by atoms with E-state index in [4.69, 9.17) is 10.2 Å². The van der Waals surface area contributed by atoms with Crippen LogP contribution in [0.4, 0.5) is 0 Å². The Balaban J connectivity index is 2.33. The summed E-state index contributed by atoms with van der Waals surface area (Å²) in [5.41, 5.74) is 1.44. The van der Waals surface area contributed by atoms with Crippen molar-refractivity contribution in [3.63, 3.8) is 0 Å². The molecule has 1 heterocycles. The van der Waals surface area contributed by atoms with Crippen molar-refractivity contribution in [3.8, 4) is 0 Å². The van der Waals surface area contributed by atoms with Gasteiger partial charge in [-0.2, -0.15) is 0 Å². The van der Waals surface area contributed by atoms with Crippen LogP contribution in [0, 0.1) is 0 Å². The van der Waals surface area contributed by atoms with Gasteiger partial charge in [0.2, 0.25) is 0 Å². The minimum absolute atomic E-state index is 0.281. The molecule has 0 saturated carbocycles. The lowest BCUT2D eigenvalue weighted by atomic mass is 10.3. The molecule has 1 rings (SSSR count). The van der Waals surface area contributed by atoms with Gasteiger partial charge in [-0.15, -0.1) is 0 Å². The molecule has 2 unspecified atom stereocenters. The van der Waals surface area contributed by atoms with Gasteiger partial charge in [0.25, 0.3) is 0 Å². The normalized spacial score (nSPS) is 14.2. The zero-order chi connectivity index (χ0) is 14.8. The Morgan fingerprint density at radius 3 is 1.75 bits per heavy atom. The summed E-state index contributed by atoms with van der Waals surface area (Å²) < 4.78 is 0. The highest BCUT2D eigenvalue weighted by Crippen LogP contribution is 1.96. The van der Waals surface area contributed by atoms with Crippen LogP contribution < -0.4 is 10.6 Å². The second kappa shape index (κ2) is 9.70. The standard InChI is InChI=1S/C12H22N4O4/c17-7-11(19)5-14-3-9-1-13-2-10(16-9)4-15-6-12(20)8-18/h1-2,11-12,14-15,17-20H,3-8H2. The van der Waals surface area contributed by atoms with Crippen molar-refractivity contribution in [1.82, 2.24) is 20.6 Å². The van der Waals surface area contributed by atoms with Crippen molar-refractivity contribution in [2.24, 2.45) is 0 Å². The van der Waals surface area contributed by atoms with Crippen LogP contribution in [0.1, 0.15) is 11.4 Å². The molecule has 1 aromatic rings. The highest BCUT2D eigenvalue weighted by atomic mass is 16.3. The lowest BCUT2D eigenvalue weighted by molar-refractivity contribution is 0.0940. The minimum atomic E-state index is -0.784. The maximum absolute atomic E-state index is 9.18. The average molecular weight is 286 g/mol. The number of nitrogens with zero attached hydrogens (tertiary/aromatic N) is 2. The fraction of sp³-hybridized carbons (Fsp3) is 0.667. The fourth-order valence-corrected chi connectivity index (χ4v) is 1.48. The zero-order valence-corrected chi connectivity index (χ0v) is 11.2. The molecule has 0 bridgehead atoms. The first-order valence-electron chi connectivity index (χ1n) is 6.44. The molecule has 0 aliphatic rings. The summed E-state index contributed by atoms with van der Waals surface area (Å²) in [6, 6.07) is 0. The Kier molecular flexibility index (Phi) is 8.19. The van der Waals surface area contributed by atoms with Crippen molar-refractivity contribution in [2.45, 2.75) is 25.3 Å². The van der Waals surface area contributed by atoms with Gasteiger partial charge < -0.3 is 31.1 Å². The minimum Gasteiger partial charge on any atom is -0.394 e. The first-order chi connectivity index (χ1) is 9.65. The summed E-state index contributed by atoms with van der Waals surface area (Å²) in [7, 11) is 0. The summed E-state index contributed by atoms with van der Waals surface area (Å²) in [6.45, 7) is 0.882. The van der Waals surface area contributed by atoms with Crippen molar-refractivity contribution in [1.29, 1.82) is 0 Å². The lowest BCUT2D eigenvalue weighted by Gasteiger charge is -2.10. The van der Waals surface area contributed by atoms with E-state index in [0.29, 0.717) is 13.1 Å². The predicted molar refractivity (Wildman–Crippen MR) is 71.6 cm³/mol. The molecule has 20 heavy (non-hydrogen) atoms. The van der Waals surface area contributed by atoms with Crippen LogP contribution in [0.15, 0.2) is 12.4 Å². The van der Waals surface area contributed by atoms with E-state index in [0.717, 1.165) is 11.4 Å². The molecule has 0 radical (unpaired) electrons. The third-order valence-corrected chi connectivity index (χ3v) is 2.53. The molecule has 0 saturated heterocycles. The molecule has 0 amide bonds. The smallest absolute Gasteiger partial charge is 0.0895 e. The quantitative estimate of drug-likeness (QED) is 0.275. The zero-order valence-electron chi connectivity index (χ0n) is 11.2. The van der Waals surface area contributed by atoms with Crippen molar-refractivity contribution < 1.29 is 20.4 Å². The second-order valence-corrected chi connectivity index (χ2v) is 4.44. The molecule has 114 valence electrons. The summed E-state index contributed by atoms with van der Waals surface area (Å²) >= 11 is 0. The van der Waals surface area contributed by atoms with Crippen LogP contribution in [0.25, 0.3) is 0 Å². The molecular weight excluding hydrogens is 264 g/mol. The Bertz CT molecular complexity index is 349. The maximum Gasteiger partial charge on any atom is 0.0895 e. The van der Waals surface area contributed by atoms with Gasteiger partial charge in [-0.3, -0.25) is 9.97 Å². The van der Waals surface area contributed by atoms with Gasteiger partial charge in [-0.25, -0.2) is 0 Å². The number of aliphatic hydroxyl groups is 4. The third-order valence-electron chi connectivity index (χ3n) is 2.53. The highest BCUT2D eigenvalue weighted by Gasteiger charge is 2.04. The van der Waals surface area contributed by atoms with Crippen LogP contribution in [-0.4, -0.2) is 68.9 Å². The molecule has 0 aromatic carbocycles. The lowest BCUT2D eigenvalue weighted by Crippen LogP contribution is -2.30. The van der Waals surface area contributed by atoms with E-state index in [1.807, 2.05) is 0 Å². The number of rotatable bonds is 10. The van der Waals surface area contributed by atoms with Gasteiger partial charge in [-0.05, 0) is 0 Å². The molecule has 1 aromatic heterocycles. The second-order valence-electron chi connectivity index (χ2n) is 4.44. The highest BCUT2D eigenvalue weighted by molar-refractivity contribution is 5.03. The molecule has 8 nitrogen and oxygen atoms in total. The summed E-state index contributed by atoms with van der Waals surface area (Å²) in [5.74, 6) is 0. The Morgan fingerprint density at radius 1 is 0.900 bits per heavy atom. The summed E-state index contributed by atoms with van der Waals surface area (Å²) in [4.78, 5) is 8.40. The topological polar surface area (TPSA) is 131 Å². The molecule has 0 fully saturated rings. The van der Waals surface area contributed by atoms with Gasteiger partial charge in [0.15, 0.2) is 0 Å². The van der Waals surface area contributed by atoms with Gasteiger partial charge in [0.1, 0.15) is 0 Å². The number of hydrogen-bond donors (Lipinski definition) is 6. The first kappa shape index (κ1) is 16.9. The van der Waals surface area contributed by atoms with Gasteiger partial charge in [0, 0.05) is 38.6 Å². The molecule has 0 aliphatic carbocycles. The average Bonchev–Trinajstić information content (AvgIpc) is 2.47. The molecule has 8 heteroatoms. The molecule has 6 N–H and O–H groups in total. The van der Waals surface area contributed by atoms with Gasteiger partial charge in [-0.1, -0.05) is 0 Å². The third kappa shape index (κ3) is 6.85. The van der Waals surface area contributed by atoms with E-state index in [-0.39, 0.29) is 26.3 Å². The van der Waals surface area contributed by atoms with Crippen LogP contribution in [0.5, 0.6) is 0 Å². The molecule has 0 aliphatic heterocycles. The molecule has 0 spiro atoms. The van der Waals surface area contributed by atoms with Crippen LogP contribution >= 0.6 is 0 Å². The largest absolute Gasteiger partial charge is 0.394 e. The SMILES string of the molecule is OCC(O)CNCc1cncc(CNCC(O)CO)n1. The van der Waals surface area contributed by atoms with Crippen LogP contribution in [0.3, 0.4) is 0 Å². The summed E-state index contributed by atoms with van der Waals surface area (Å²) in [6.07, 6.45) is 1.66. The van der Waals surface area contributed by atoms with E-state index in [1.165, 1.54) is 0 Å². The number of nitrogens with one attached hydrogen (secondary N) is 2. The van der Waals surface area contributed by atoms with Crippen molar-refractivity contribution in [3.05, 3.63) is 23.8 Å². The fourth-order valence-electron chi connectivity index (χ4n) is 1.48. The van der Waals surface area contributed by atoms with Gasteiger partial charge >= 0.3 is 0 Å². The first-order valence-corrected chi connectivity index (χ1v) is 6.44. The Hall–Kier alpha value is -1.16. The van der Waals surface area contributed by atoms with E-state index >= 15 is 0 Å². The Morgan fingerprint density at radius 2 is 1.35 bits per heavy atom. The van der Waals surface area contributed by atoms with E-state index < -0.39 is 12.2 Å². The number of aliphatic hydroxyl groups excluding tert-OH is 4. The van der Waals surface area contributed by atoms with E-state index in [2.05, 4.69) is 20.6 Å². The van der Waals surface area contributed by atoms with Crippen LogP contribution in [0.2, 0.25) is 0 Å². The van der Waals surface area contributed by atoms with Crippen LogP contribution in [-0.2, 0) is 13.1 Å². The number of hydrogen-bond acceptors (Lipinski definition) is 8. The predicted octanol–water partition coefficient (Wildman–Crippen LogP) is -2.64. The van der Waals surface area contributed by atoms with Gasteiger partial charge in [0.05, 0.1) is 36.8 Å². The Labute approximate surface area is 117 Å². The van der Waals surface area contributed by atoms with E-state index in [9.17, 15) is 10.2 Å². The summed E-state index contributed by atoms with van der Waals surface area (Å²) in [5, 5.41) is 41.6. The monoisotopic (exact) mass is 286 g/mol. The number of aromatic nitrogens is 2. The maximum atomic E-state index is 9.18. The van der Waals surface area contributed by atoms with E-state index in [1.54, 1.807) is 12.4 Å².